The first kappa shape index (κ1) is 10.7. The van der Waals surface area contributed by atoms with Gasteiger partial charge in [-0.25, -0.2) is 0 Å². The highest BCUT2D eigenvalue weighted by Crippen LogP contribution is 2.20. The van der Waals surface area contributed by atoms with Crippen LogP contribution in [0.2, 0.25) is 0 Å². The summed E-state index contributed by atoms with van der Waals surface area (Å²) in [7, 11) is 2.03. The molecule has 0 aromatic carbocycles. The summed E-state index contributed by atoms with van der Waals surface area (Å²) < 4.78 is 5.78. The molecule has 2 heteroatoms. The summed E-state index contributed by atoms with van der Waals surface area (Å²) in [6, 6.07) is 0.569. The molecule has 0 spiro atoms. The Morgan fingerprint density at radius 3 is 2.85 bits per heavy atom. The molecule has 2 unspecified atom stereocenters. The van der Waals surface area contributed by atoms with E-state index in [2.05, 4.69) is 11.4 Å². The van der Waals surface area contributed by atoms with Crippen LogP contribution in [0.15, 0.2) is 12.2 Å². The molecule has 0 amide bonds. The van der Waals surface area contributed by atoms with Crippen molar-refractivity contribution in [2.24, 2.45) is 0 Å². The van der Waals surface area contributed by atoms with Gasteiger partial charge in [-0.3, -0.25) is 0 Å². The maximum absolute atomic E-state index is 5.78. The Hall–Kier alpha value is -0.340. The fraction of sp³-hybridized carbons (Fsp3) is 0.818. The molecule has 1 N–H and O–H groups in total. The van der Waals surface area contributed by atoms with Crippen molar-refractivity contribution in [2.75, 3.05) is 13.7 Å². The zero-order valence-corrected chi connectivity index (χ0v) is 8.75. The lowest BCUT2D eigenvalue weighted by molar-refractivity contribution is 0.0230. The van der Waals surface area contributed by atoms with E-state index in [-0.39, 0.29) is 0 Å². The summed E-state index contributed by atoms with van der Waals surface area (Å²) in [6.45, 7) is 2.79. The molecule has 0 aromatic rings. The van der Waals surface area contributed by atoms with Gasteiger partial charge in [0, 0.05) is 6.04 Å². The lowest BCUT2D eigenvalue weighted by Crippen LogP contribution is -2.41. The smallest absolute Gasteiger partial charge is 0.0732 e. The zero-order valence-electron chi connectivity index (χ0n) is 8.75. The minimum absolute atomic E-state index is 0.426. The predicted molar refractivity (Wildman–Crippen MR) is 55.9 cm³/mol. The van der Waals surface area contributed by atoms with Crippen molar-refractivity contribution in [3.63, 3.8) is 0 Å². The minimum Gasteiger partial charge on any atom is -0.373 e. The third-order valence-corrected chi connectivity index (χ3v) is 2.72. The molecule has 1 saturated carbocycles. The molecule has 0 aliphatic heterocycles. The van der Waals surface area contributed by atoms with Gasteiger partial charge in [0.05, 0.1) is 12.7 Å². The summed E-state index contributed by atoms with van der Waals surface area (Å²) in [4.78, 5) is 0. The van der Waals surface area contributed by atoms with Gasteiger partial charge in [-0.05, 0) is 26.8 Å². The van der Waals surface area contributed by atoms with Gasteiger partial charge >= 0.3 is 0 Å². The SMILES string of the molecule is C/C=C/COC1CCCCC1NC. The second-order valence-corrected chi connectivity index (χ2v) is 3.62. The summed E-state index contributed by atoms with van der Waals surface area (Å²) in [5, 5.41) is 3.33. The Labute approximate surface area is 81.4 Å². The normalized spacial score (nSPS) is 29.7. The van der Waals surface area contributed by atoms with Crippen LogP contribution in [-0.2, 0) is 4.74 Å². The van der Waals surface area contributed by atoms with Gasteiger partial charge in [0.2, 0.25) is 0 Å². The van der Waals surface area contributed by atoms with Gasteiger partial charge in [0.1, 0.15) is 0 Å². The number of ether oxygens (including phenoxy) is 1. The van der Waals surface area contributed by atoms with Gasteiger partial charge in [-0.1, -0.05) is 25.0 Å². The molecule has 13 heavy (non-hydrogen) atoms. The molecule has 2 atom stereocenters. The largest absolute Gasteiger partial charge is 0.373 e. The van der Waals surface area contributed by atoms with Gasteiger partial charge in [-0.2, -0.15) is 0 Å². The quantitative estimate of drug-likeness (QED) is 0.674. The van der Waals surface area contributed by atoms with Crippen LogP contribution in [0, 0.1) is 0 Å². The van der Waals surface area contributed by atoms with Crippen molar-refractivity contribution in [2.45, 2.75) is 44.8 Å². The molecule has 0 bridgehead atoms. The Kier molecular flexibility index (Phi) is 5.09. The number of hydrogen-bond donors (Lipinski definition) is 1. The van der Waals surface area contributed by atoms with Crippen LogP contribution in [0.4, 0.5) is 0 Å². The zero-order chi connectivity index (χ0) is 9.52. The summed E-state index contributed by atoms with van der Waals surface area (Å²) in [6.07, 6.45) is 9.67. The highest BCUT2D eigenvalue weighted by molar-refractivity contribution is 4.83. The van der Waals surface area contributed by atoms with E-state index in [1.54, 1.807) is 0 Å². The lowest BCUT2D eigenvalue weighted by Gasteiger charge is -2.30. The average molecular weight is 183 g/mol. The molecule has 0 aromatic heterocycles. The Bertz CT molecular complexity index is 156. The van der Waals surface area contributed by atoms with Crippen molar-refractivity contribution in [1.29, 1.82) is 0 Å². The van der Waals surface area contributed by atoms with E-state index in [0.717, 1.165) is 6.61 Å². The molecule has 0 saturated heterocycles. The van der Waals surface area contributed by atoms with E-state index >= 15 is 0 Å². The second-order valence-electron chi connectivity index (χ2n) is 3.62. The third kappa shape index (κ3) is 3.49. The molecule has 0 radical (unpaired) electrons. The molecular formula is C11H21NO. The van der Waals surface area contributed by atoms with Crippen LogP contribution < -0.4 is 5.32 Å². The standard InChI is InChI=1S/C11H21NO/c1-3-4-9-13-11-8-6-5-7-10(11)12-2/h3-4,10-12H,5-9H2,1-2H3/b4-3+. The maximum atomic E-state index is 5.78. The molecule has 1 aliphatic rings. The Morgan fingerprint density at radius 1 is 1.38 bits per heavy atom. The van der Waals surface area contributed by atoms with Crippen LogP contribution in [0.3, 0.4) is 0 Å². The Balaban J connectivity index is 2.27. The van der Waals surface area contributed by atoms with Crippen molar-refractivity contribution in [3.05, 3.63) is 12.2 Å². The van der Waals surface area contributed by atoms with E-state index in [1.165, 1.54) is 25.7 Å². The van der Waals surface area contributed by atoms with Gasteiger partial charge in [0.15, 0.2) is 0 Å². The second kappa shape index (κ2) is 6.17. The summed E-state index contributed by atoms with van der Waals surface area (Å²) in [5.41, 5.74) is 0. The minimum atomic E-state index is 0.426. The van der Waals surface area contributed by atoms with Gasteiger partial charge in [-0.15, -0.1) is 0 Å². The topological polar surface area (TPSA) is 21.3 Å². The first-order valence-electron chi connectivity index (χ1n) is 5.28. The fourth-order valence-electron chi connectivity index (χ4n) is 1.90. The van der Waals surface area contributed by atoms with Crippen LogP contribution in [0.5, 0.6) is 0 Å². The fourth-order valence-corrected chi connectivity index (χ4v) is 1.90. The number of rotatable bonds is 4. The first-order valence-corrected chi connectivity index (χ1v) is 5.28. The molecule has 76 valence electrons. The number of likely N-dealkylation sites (N-methyl/N-ethyl adjacent to an activating group) is 1. The van der Waals surface area contributed by atoms with E-state index in [1.807, 2.05) is 20.0 Å². The monoisotopic (exact) mass is 183 g/mol. The molecule has 1 aliphatic carbocycles. The molecule has 1 fully saturated rings. The molecule has 0 heterocycles. The Morgan fingerprint density at radius 2 is 2.15 bits per heavy atom. The van der Waals surface area contributed by atoms with Crippen LogP contribution in [-0.4, -0.2) is 25.8 Å². The number of nitrogens with one attached hydrogen (secondary N) is 1. The highest BCUT2D eigenvalue weighted by atomic mass is 16.5. The van der Waals surface area contributed by atoms with Gasteiger partial charge in [0.25, 0.3) is 0 Å². The van der Waals surface area contributed by atoms with Crippen LogP contribution in [0.25, 0.3) is 0 Å². The van der Waals surface area contributed by atoms with Crippen LogP contribution in [0.1, 0.15) is 32.6 Å². The number of hydrogen-bond acceptors (Lipinski definition) is 2. The molecular weight excluding hydrogens is 162 g/mol. The first-order chi connectivity index (χ1) is 6.38. The van der Waals surface area contributed by atoms with E-state index in [0.29, 0.717) is 12.1 Å². The maximum Gasteiger partial charge on any atom is 0.0732 e. The van der Waals surface area contributed by atoms with Crippen molar-refractivity contribution in [3.8, 4) is 0 Å². The van der Waals surface area contributed by atoms with Crippen molar-refractivity contribution >= 4 is 0 Å². The molecule has 2 nitrogen and oxygen atoms in total. The lowest BCUT2D eigenvalue weighted by atomic mass is 9.92. The molecule has 1 rings (SSSR count). The highest BCUT2D eigenvalue weighted by Gasteiger charge is 2.23. The van der Waals surface area contributed by atoms with E-state index in [9.17, 15) is 0 Å². The predicted octanol–water partition coefficient (Wildman–Crippen LogP) is 2.11. The van der Waals surface area contributed by atoms with Crippen LogP contribution >= 0.6 is 0 Å². The van der Waals surface area contributed by atoms with Crippen molar-refractivity contribution in [1.82, 2.24) is 5.32 Å². The van der Waals surface area contributed by atoms with Gasteiger partial charge < -0.3 is 10.1 Å². The van der Waals surface area contributed by atoms with E-state index < -0.39 is 0 Å². The van der Waals surface area contributed by atoms with E-state index in [4.69, 9.17) is 4.74 Å². The summed E-state index contributed by atoms with van der Waals surface area (Å²) in [5.74, 6) is 0. The summed E-state index contributed by atoms with van der Waals surface area (Å²) >= 11 is 0. The number of allylic oxidation sites excluding steroid dienone is 1. The average Bonchev–Trinajstić information content (AvgIpc) is 2.19. The third-order valence-electron chi connectivity index (χ3n) is 2.72. The van der Waals surface area contributed by atoms with Crippen molar-refractivity contribution < 1.29 is 4.74 Å².